The molecule has 0 aromatic rings. The molecular formula is C12H19NS. The Labute approximate surface area is 90.8 Å². The van der Waals surface area contributed by atoms with Gasteiger partial charge in [0.25, 0.3) is 0 Å². The zero-order chi connectivity index (χ0) is 9.54. The van der Waals surface area contributed by atoms with E-state index in [-0.39, 0.29) is 0 Å². The van der Waals surface area contributed by atoms with Crippen molar-refractivity contribution in [1.29, 1.82) is 0 Å². The topological polar surface area (TPSA) is 12.4 Å². The Balaban J connectivity index is 1.81. The zero-order valence-electron chi connectivity index (χ0n) is 8.91. The van der Waals surface area contributed by atoms with Gasteiger partial charge in [0, 0.05) is 5.25 Å². The highest BCUT2D eigenvalue weighted by atomic mass is 32.2. The van der Waals surface area contributed by atoms with Crippen LogP contribution in [0.25, 0.3) is 0 Å². The summed E-state index contributed by atoms with van der Waals surface area (Å²) in [5.41, 5.74) is 0. The third kappa shape index (κ3) is 1.42. The lowest BCUT2D eigenvalue weighted by molar-refractivity contribution is 0.154. The van der Waals surface area contributed by atoms with Crippen LogP contribution in [0.1, 0.15) is 45.4 Å². The van der Waals surface area contributed by atoms with E-state index in [1.165, 1.54) is 43.6 Å². The Morgan fingerprint density at radius 2 is 2.00 bits per heavy atom. The molecule has 3 rings (SSSR count). The van der Waals surface area contributed by atoms with Crippen LogP contribution in [-0.4, -0.2) is 16.3 Å². The van der Waals surface area contributed by atoms with Crippen LogP contribution in [0.2, 0.25) is 0 Å². The maximum Gasteiger partial charge on any atom is 0.0662 e. The molecule has 0 amide bonds. The molecule has 0 bridgehead atoms. The van der Waals surface area contributed by atoms with Crippen molar-refractivity contribution in [3.05, 3.63) is 0 Å². The van der Waals surface area contributed by atoms with E-state index in [1.807, 2.05) is 0 Å². The minimum atomic E-state index is 0.707. The summed E-state index contributed by atoms with van der Waals surface area (Å²) >= 11 is 2.06. The van der Waals surface area contributed by atoms with Crippen LogP contribution in [0.5, 0.6) is 0 Å². The van der Waals surface area contributed by atoms with Crippen molar-refractivity contribution in [2.75, 3.05) is 0 Å². The molecule has 14 heavy (non-hydrogen) atoms. The summed E-state index contributed by atoms with van der Waals surface area (Å²) in [6.07, 6.45) is 8.81. The number of hydrogen-bond donors (Lipinski definition) is 0. The minimum absolute atomic E-state index is 0.707. The monoisotopic (exact) mass is 209 g/mol. The van der Waals surface area contributed by atoms with E-state index < -0.39 is 0 Å². The van der Waals surface area contributed by atoms with Crippen LogP contribution in [0.4, 0.5) is 0 Å². The molecule has 2 fully saturated rings. The number of nitrogens with zero attached hydrogens (tertiary/aromatic N) is 1. The maximum atomic E-state index is 4.87. The second kappa shape index (κ2) is 3.55. The van der Waals surface area contributed by atoms with Gasteiger partial charge in [-0.2, -0.15) is 0 Å². The smallest absolute Gasteiger partial charge is 0.0662 e. The van der Waals surface area contributed by atoms with Crippen molar-refractivity contribution in [1.82, 2.24) is 0 Å². The van der Waals surface area contributed by atoms with Crippen LogP contribution in [0.15, 0.2) is 4.99 Å². The molecule has 2 aliphatic carbocycles. The van der Waals surface area contributed by atoms with E-state index in [4.69, 9.17) is 4.99 Å². The second-order valence-corrected chi connectivity index (χ2v) is 6.51. The van der Waals surface area contributed by atoms with Gasteiger partial charge in [-0.15, -0.1) is 11.8 Å². The normalized spacial score (nSPS) is 46.8. The Morgan fingerprint density at radius 1 is 1.14 bits per heavy atom. The van der Waals surface area contributed by atoms with Crippen LogP contribution in [0.3, 0.4) is 0 Å². The molecule has 3 aliphatic rings. The lowest BCUT2D eigenvalue weighted by atomic mass is 9.68. The Hall–Kier alpha value is 0.0200. The molecule has 1 aliphatic heterocycles. The first kappa shape index (κ1) is 9.26. The molecule has 0 saturated heterocycles. The van der Waals surface area contributed by atoms with Crippen molar-refractivity contribution in [2.24, 2.45) is 16.8 Å². The van der Waals surface area contributed by atoms with Crippen molar-refractivity contribution >= 4 is 16.8 Å². The molecule has 2 heteroatoms. The van der Waals surface area contributed by atoms with Crippen LogP contribution in [0, 0.1) is 11.8 Å². The fourth-order valence-electron chi connectivity index (χ4n) is 3.64. The van der Waals surface area contributed by atoms with Crippen LogP contribution < -0.4 is 0 Å². The third-order valence-corrected chi connectivity index (χ3v) is 5.53. The number of rotatable bonds is 0. The maximum absolute atomic E-state index is 4.87. The molecule has 0 radical (unpaired) electrons. The summed E-state index contributed by atoms with van der Waals surface area (Å²) < 4.78 is 0. The first-order valence-corrected chi connectivity index (χ1v) is 6.93. The molecule has 0 spiro atoms. The largest absolute Gasteiger partial charge is 0.278 e. The van der Waals surface area contributed by atoms with Gasteiger partial charge in [-0.3, -0.25) is 4.99 Å². The summed E-state index contributed by atoms with van der Waals surface area (Å²) in [7, 11) is 0. The summed E-state index contributed by atoms with van der Waals surface area (Å²) in [6.45, 7) is 2.20. The molecule has 0 N–H and O–H groups in total. The third-order valence-electron chi connectivity index (χ3n) is 4.26. The fourth-order valence-corrected chi connectivity index (χ4v) is 4.91. The van der Waals surface area contributed by atoms with Gasteiger partial charge in [-0.25, -0.2) is 0 Å². The Bertz CT molecular complexity index is 261. The summed E-state index contributed by atoms with van der Waals surface area (Å²) in [5.74, 6) is 1.98. The highest BCUT2D eigenvalue weighted by molar-refractivity contribution is 8.14. The average Bonchev–Trinajstić information content (AvgIpc) is 2.59. The molecule has 0 aromatic carbocycles. The lowest BCUT2D eigenvalue weighted by Gasteiger charge is -2.41. The van der Waals surface area contributed by atoms with Gasteiger partial charge in [0.1, 0.15) is 0 Å². The minimum Gasteiger partial charge on any atom is -0.278 e. The predicted molar refractivity (Wildman–Crippen MR) is 63.0 cm³/mol. The molecule has 4 atom stereocenters. The van der Waals surface area contributed by atoms with Crippen LogP contribution >= 0.6 is 11.8 Å². The van der Waals surface area contributed by atoms with Gasteiger partial charge in [0.2, 0.25) is 0 Å². The second-order valence-electron chi connectivity index (χ2n) is 5.08. The average molecular weight is 209 g/mol. The first-order chi connectivity index (χ1) is 6.84. The van der Waals surface area contributed by atoms with Crippen molar-refractivity contribution in [3.63, 3.8) is 0 Å². The van der Waals surface area contributed by atoms with E-state index in [2.05, 4.69) is 18.7 Å². The number of thioether (sulfide) groups is 1. The SMILES string of the molecule is CC1=NC2C(CCC3CCCCC32)S1. The summed E-state index contributed by atoms with van der Waals surface area (Å²) in [6, 6.07) is 0.707. The van der Waals surface area contributed by atoms with E-state index in [1.54, 1.807) is 0 Å². The lowest BCUT2D eigenvalue weighted by Crippen LogP contribution is -2.39. The molecule has 4 unspecified atom stereocenters. The van der Waals surface area contributed by atoms with Gasteiger partial charge in [-0.05, 0) is 38.0 Å². The molecule has 1 heterocycles. The van der Waals surface area contributed by atoms with E-state index in [9.17, 15) is 0 Å². The quantitative estimate of drug-likeness (QED) is 0.595. The number of fused-ring (bicyclic) bond motifs is 3. The van der Waals surface area contributed by atoms with Gasteiger partial charge < -0.3 is 0 Å². The zero-order valence-corrected chi connectivity index (χ0v) is 9.72. The van der Waals surface area contributed by atoms with Crippen molar-refractivity contribution in [2.45, 2.75) is 56.7 Å². The van der Waals surface area contributed by atoms with Gasteiger partial charge in [0.15, 0.2) is 0 Å². The molecule has 2 saturated carbocycles. The van der Waals surface area contributed by atoms with E-state index >= 15 is 0 Å². The van der Waals surface area contributed by atoms with Gasteiger partial charge in [-0.1, -0.05) is 19.3 Å². The highest BCUT2D eigenvalue weighted by Gasteiger charge is 2.43. The van der Waals surface area contributed by atoms with Gasteiger partial charge in [0.05, 0.1) is 11.1 Å². The first-order valence-electron chi connectivity index (χ1n) is 6.05. The van der Waals surface area contributed by atoms with Crippen molar-refractivity contribution < 1.29 is 0 Å². The van der Waals surface area contributed by atoms with Crippen molar-refractivity contribution in [3.8, 4) is 0 Å². The van der Waals surface area contributed by atoms with Gasteiger partial charge >= 0.3 is 0 Å². The van der Waals surface area contributed by atoms with E-state index in [0.29, 0.717) is 6.04 Å². The number of aliphatic imine (C=N–C) groups is 1. The predicted octanol–water partition coefficient (Wildman–Crippen LogP) is 3.49. The molecule has 78 valence electrons. The molecule has 1 nitrogen and oxygen atoms in total. The molecular weight excluding hydrogens is 190 g/mol. The number of hydrogen-bond acceptors (Lipinski definition) is 2. The van der Waals surface area contributed by atoms with Crippen LogP contribution in [-0.2, 0) is 0 Å². The Kier molecular flexibility index (Phi) is 2.35. The summed E-state index contributed by atoms with van der Waals surface area (Å²) in [5, 5.41) is 2.21. The molecule has 0 aromatic heterocycles. The fraction of sp³-hybridized carbons (Fsp3) is 0.917. The highest BCUT2D eigenvalue weighted by Crippen LogP contribution is 2.48. The van der Waals surface area contributed by atoms with E-state index in [0.717, 1.165) is 17.1 Å². The standard InChI is InChI=1S/C12H19NS/c1-8-13-12-10-5-3-2-4-9(10)6-7-11(12)14-8/h9-12H,2-7H2,1H3. The Morgan fingerprint density at radius 3 is 2.93 bits per heavy atom. The summed E-state index contributed by atoms with van der Waals surface area (Å²) in [4.78, 5) is 4.87.